The average Bonchev–Trinajstić information content (AvgIpc) is 2.55. The summed E-state index contributed by atoms with van der Waals surface area (Å²) in [6.07, 6.45) is 2.13. The Hall–Kier alpha value is -0.760. The number of rotatable bonds is 6. The number of aromatic nitrogens is 1. The maximum atomic E-state index is 5.91. The first-order valence-electron chi connectivity index (χ1n) is 6.66. The normalized spacial score (nSPS) is 14.0. The van der Waals surface area contributed by atoms with Crippen LogP contribution in [0.5, 0.6) is 0 Å². The molecular weight excluding hydrogens is 210 g/mol. The van der Waals surface area contributed by atoms with Crippen LogP contribution in [0, 0.1) is 13.8 Å². The van der Waals surface area contributed by atoms with Crippen LogP contribution in [0.2, 0.25) is 0 Å². The molecule has 0 aliphatic heterocycles. The van der Waals surface area contributed by atoms with Crippen molar-refractivity contribution in [2.24, 2.45) is 0 Å². The Kier molecular flexibility index (Phi) is 4.81. The van der Waals surface area contributed by atoms with Crippen molar-refractivity contribution in [3.63, 3.8) is 0 Å². The Morgan fingerprint density at radius 2 is 1.76 bits per heavy atom. The predicted molar refractivity (Wildman–Crippen MR) is 73.6 cm³/mol. The zero-order valence-electron chi connectivity index (χ0n) is 12.2. The van der Waals surface area contributed by atoms with Crippen LogP contribution in [-0.2, 0) is 4.74 Å². The molecule has 0 saturated carbocycles. The highest BCUT2D eigenvalue weighted by Gasteiger charge is 2.23. The minimum atomic E-state index is -0.0431. The van der Waals surface area contributed by atoms with Crippen LogP contribution < -0.4 is 0 Å². The molecule has 0 bridgehead atoms. The van der Waals surface area contributed by atoms with Crippen LogP contribution in [0.3, 0.4) is 0 Å². The maximum Gasteiger partial charge on any atom is 0.0646 e. The van der Waals surface area contributed by atoms with Crippen molar-refractivity contribution in [2.75, 3.05) is 6.61 Å². The van der Waals surface area contributed by atoms with E-state index in [4.69, 9.17) is 4.74 Å². The van der Waals surface area contributed by atoms with Gasteiger partial charge in [-0.25, -0.2) is 0 Å². The average molecular weight is 237 g/mol. The van der Waals surface area contributed by atoms with Gasteiger partial charge in [-0.05, 0) is 59.6 Å². The molecule has 0 aromatic carbocycles. The lowest BCUT2D eigenvalue weighted by molar-refractivity contribution is -0.0312. The first-order valence-corrected chi connectivity index (χ1v) is 6.66. The smallest absolute Gasteiger partial charge is 0.0646 e. The quantitative estimate of drug-likeness (QED) is 0.721. The topological polar surface area (TPSA) is 14.2 Å². The molecule has 2 nitrogen and oxygen atoms in total. The molecule has 0 radical (unpaired) electrons. The Labute approximate surface area is 106 Å². The number of ether oxygens (including phenoxy) is 1. The van der Waals surface area contributed by atoms with E-state index in [2.05, 4.69) is 58.2 Å². The molecule has 1 aromatic rings. The van der Waals surface area contributed by atoms with Crippen LogP contribution >= 0.6 is 0 Å². The maximum absolute atomic E-state index is 5.91. The van der Waals surface area contributed by atoms with E-state index in [1.54, 1.807) is 0 Å². The van der Waals surface area contributed by atoms with Crippen molar-refractivity contribution < 1.29 is 4.74 Å². The summed E-state index contributed by atoms with van der Waals surface area (Å²) in [6.45, 7) is 14.0. The van der Waals surface area contributed by atoms with Crippen LogP contribution in [0.15, 0.2) is 12.1 Å². The molecule has 0 spiro atoms. The highest BCUT2D eigenvalue weighted by molar-refractivity contribution is 5.15. The highest BCUT2D eigenvalue weighted by Crippen LogP contribution is 2.26. The molecule has 1 atom stereocenters. The van der Waals surface area contributed by atoms with E-state index < -0.39 is 0 Å². The first kappa shape index (κ1) is 14.3. The molecule has 17 heavy (non-hydrogen) atoms. The number of aryl methyl sites for hydroxylation is 2. The van der Waals surface area contributed by atoms with Gasteiger partial charge in [0.2, 0.25) is 0 Å². The summed E-state index contributed by atoms with van der Waals surface area (Å²) in [7, 11) is 0. The van der Waals surface area contributed by atoms with Crippen LogP contribution in [0.1, 0.15) is 58.0 Å². The van der Waals surface area contributed by atoms with Gasteiger partial charge in [-0.2, -0.15) is 0 Å². The van der Waals surface area contributed by atoms with Crippen molar-refractivity contribution in [3.8, 4) is 0 Å². The first-order chi connectivity index (χ1) is 7.87. The van der Waals surface area contributed by atoms with Crippen molar-refractivity contribution in [1.29, 1.82) is 0 Å². The van der Waals surface area contributed by atoms with Crippen molar-refractivity contribution in [2.45, 2.75) is 66.0 Å². The SMILES string of the molecule is CCCOC(C)(C)CC(C)n1c(C)ccc1C. The number of hydrogen-bond acceptors (Lipinski definition) is 1. The molecule has 1 heterocycles. The summed E-state index contributed by atoms with van der Waals surface area (Å²) < 4.78 is 8.31. The lowest BCUT2D eigenvalue weighted by Crippen LogP contribution is -2.29. The summed E-state index contributed by atoms with van der Waals surface area (Å²) in [4.78, 5) is 0. The van der Waals surface area contributed by atoms with Crippen LogP contribution in [-0.4, -0.2) is 16.8 Å². The predicted octanol–water partition coefficient (Wildman–Crippen LogP) is 4.26. The summed E-state index contributed by atoms with van der Waals surface area (Å²) >= 11 is 0. The molecule has 0 aliphatic rings. The Morgan fingerprint density at radius 1 is 1.24 bits per heavy atom. The van der Waals surface area contributed by atoms with Gasteiger partial charge in [0, 0.05) is 24.0 Å². The summed E-state index contributed by atoms with van der Waals surface area (Å²) in [5.74, 6) is 0. The molecular formula is C15H27NO. The molecule has 0 N–H and O–H groups in total. The van der Waals surface area contributed by atoms with Gasteiger partial charge in [-0.15, -0.1) is 0 Å². The molecule has 1 unspecified atom stereocenters. The van der Waals surface area contributed by atoms with Crippen LogP contribution in [0.4, 0.5) is 0 Å². The van der Waals surface area contributed by atoms with Gasteiger partial charge in [0.1, 0.15) is 0 Å². The van der Waals surface area contributed by atoms with Gasteiger partial charge in [0.25, 0.3) is 0 Å². The zero-order chi connectivity index (χ0) is 13.1. The third-order valence-corrected chi connectivity index (χ3v) is 3.25. The Balaban J connectivity index is 2.68. The standard InChI is InChI=1S/C15H27NO/c1-7-10-17-15(5,6)11-14(4)16-12(2)8-9-13(16)3/h8-9,14H,7,10-11H2,1-6H3. The second kappa shape index (κ2) is 5.72. The van der Waals surface area contributed by atoms with Crippen molar-refractivity contribution >= 4 is 0 Å². The third-order valence-electron chi connectivity index (χ3n) is 3.25. The largest absolute Gasteiger partial charge is 0.376 e. The fourth-order valence-electron chi connectivity index (χ4n) is 2.62. The number of hydrogen-bond donors (Lipinski definition) is 0. The van der Waals surface area contributed by atoms with E-state index in [1.165, 1.54) is 11.4 Å². The Bertz CT molecular complexity index is 332. The Morgan fingerprint density at radius 3 is 2.24 bits per heavy atom. The molecule has 0 saturated heterocycles. The fourth-order valence-corrected chi connectivity index (χ4v) is 2.62. The number of nitrogens with zero attached hydrogens (tertiary/aromatic N) is 1. The molecule has 1 rings (SSSR count). The molecule has 1 aromatic heterocycles. The van der Waals surface area contributed by atoms with Crippen molar-refractivity contribution in [1.82, 2.24) is 4.57 Å². The van der Waals surface area contributed by atoms with Gasteiger partial charge in [0.15, 0.2) is 0 Å². The second-order valence-corrected chi connectivity index (χ2v) is 5.65. The van der Waals surface area contributed by atoms with E-state index in [1.807, 2.05) is 0 Å². The van der Waals surface area contributed by atoms with Crippen molar-refractivity contribution in [3.05, 3.63) is 23.5 Å². The van der Waals surface area contributed by atoms with E-state index in [0.717, 1.165) is 19.4 Å². The van der Waals surface area contributed by atoms with E-state index in [9.17, 15) is 0 Å². The van der Waals surface area contributed by atoms with Gasteiger partial charge < -0.3 is 9.30 Å². The van der Waals surface area contributed by atoms with E-state index in [0.29, 0.717) is 6.04 Å². The van der Waals surface area contributed by atoms with Gasteiger partial charge in [0.05, 0.1) is 5.60 Å². The lowest BCUT2D eigenvalue weighted by atomic mass is 9.99. The van der Waals surface area contributed by atoms with Gasteiger partial charge in [-0.1, -0.05) is 6.92 Å². The van der Waals surface area contributed by atoms with Gasteiger partial charge in [-0.3, -0.25) is 0 Å². The highest BCUT2D eigenvalue weighted by atomic mass is 16.5. The molecule has 98 valence electrons. The molecule has 0 aliphatic carbocycles. The van der Waals surface area contributed by atoms with E-state index >= 15 is 0 Å². The van der Waals surface area contributed by atoms with E-state index in [-0.39, 0.29) is 5.60 Å². The molecule has 0 fully saturated rings. The molecule has 0 amide bonds. The third kappa shape index (κ3) is 3.88. The minimum absolute atomic E-state index is 0.0431. The molecule has 2 heteroatoms. The fraction of sp³-hybridized carbons (Fsp3) is 0.733. The zero-order valence-corrected chi connectivity index (χ0v) is 12.2. The minimum Gasteiger partial charge on any atom is -0.376 e. The lowest BCUT2D eigenvalue weighted by Gasteiger charge is -2.30. The summed E-state index contributed by atoms with van der Waals surface area (Å²) in [5, 5.41) is 0. The summed E-state index contributed by atoms with van der Waals surface area (Å²) in [6, 6.07) is 4.86. The van der Waals surface area contributed by atoms with Crippen LogP contribution in [0.25, 0.3) is 0 Å². The summed E-state index contributed by atoms with van der Waals surface area (Å²) in [5.41, 5.74) is 2.63. The second-order valence-electron chi connectivity index (χ2n) is 5.65. The monoisotopic (exact) mass is 237 g/mol. The van der Waals surface area contributed by atoms with Gasteiger partial charge >= 0.3 is 0 Å².